The zero-order chi connectivity index (χ0) is 18.6. The largest absolute Gasteiger partial charge is 0.358 e. The highest BCUT2D eigenvalue weighted by molar-refractivity contribution is 6.17. The topological polar surface area (TPSA) is 78.5 Å². The molecule has 0 bridgehead atoms. The Kier molecular flexibility index (Phi) is 5.96. The highest BCUT2D eigenvalue weighted by atomic mass is 16.2. The molecule has 6 nitrogen and oxygen atoms in total. The van der Waals surface area contributed by atoms with E-state index in [0.29, 0.717) is 18.9 Å². The zero-order valence-corrected chi connectivity index (χ0v) is 15.0. The van der Waals surface area contributed by atoms with E-state index in [4.69, 9.17) is 0 Å². The van der Waals surface area contributed by atoms with Gasteiger partial charge in [-0.1, -0.05) is 45.9 Å². The second-order valence-electron chi connectivity index (χ2n) is 6.50. The maximum absolute atomic E-state index is 12.6. The van der Waals surface area contributed by atoms with Crippen molar-refractivity contribution in [1.29, 1.82) is 0 Å². The van der Waals surface area contributed by atoms with Crippen LogP contribution in [0.4, 0.5) is 10.5 Å². The molecule has 134 valence electrons. The number of hydrogen-bond donors (Lipinski definition) is 2. The third-order valence-electron chi connectivity index (χ3n) is 4.22. The molecule has 1 heterocycles. The molecule has 1 fully saturated rings. The quantitative estimate of drug-likeness (QED) is 0.745. The van der Waals surface area contributed by atoms with Gasteiger partial charge in [0.2, 0.25) is 11.8 Å². The monoisotopic (exact) mass is 343 g/mol. The first kappa shape index (κ1) is 18.7. The van der Waals surface area contributed by atoms with Gasteiger partial charge >= 0.3 is 6.03 Å². The summed E-state index contributed by atoms with van der Waals surface area (Å²) in [6, 6.07) is 7.08. The summed E-state index contributed by atoms with van der Waals surface area (Å²) in [5.74, 6) is -1.86. The lowest BCUT2D eigenvalue weighted by Crippen LogP contribution is -2.58. The molecule has 1 atom stereocenters. The number of barbiturate groups is 1. The molecule has 1 saturated heterocycles. The van der Waals surface area contributed by atoms with E-state index in [1.165, 1.54) is 5.56 Å². The Bertz CT molecular complexity index is 680. The number of benzene rings is 1. The van der Waals surface area contributed by atoms with E-state index < -0.39 is 23.8 Å². The zero-order valence-electron chi connectivity index (χ0n) is 15.0. The van der Waals surface area contributed by atoms with Crippen LogP contribution in [-0.2, 0) is 9.59 Å². The average Bonchev–Trinajstić information content (AvgIpc) is 2.54. The Morgan fingerprint density at radius 2 is 1.88 bits per heavy atom. The van der Waals surface area contributed by atoms with Gasteiger partial charge in [0.15, 0.2) is 5.92 Å². The minimum Gasteiger partial charge on any atom is -0.358 e. The summed E-state index contributed by atoms with van der Waals surface area (Å²) in [7, 11) is 0. The number of nitrogens with zero attached hydrogens (tertiary/aromatic N) is 1. The smallest absolute Gasteiger partial charge is 0.330 e. The fourth-order valence-electron chi connectivity index (χ4n) is 2.66. The molecule has 0 radical (unpaired) electrons. The summed E-state index contributed by atoms with van der Waals surface area (Å²) in [6.07, 6.45) is 1.54. The third kappa shape index (κ3) is 4.26. The van der Waals surface area contributed by atoms with Crippen molar-refractivity contribution in [2.45, 2.75) is 39.5 Å². The molecule has 0 unspecified atom stereocenters. The van der Waals surface area contributed by atoms with Gasteiger partial charge in [-0.2, -0.15) is 0 Å². The van der Waals surface area contributed by atoms with Gasteiger partial charge in [0.1, 0.15) is 0 Å². The second kappa shape index (κ2) is 7.96. The molecule has 0 spiro atoms. The lowest BCUT2D eigenvalue weighted by Gasteiger charge is -2.31. The number of anilines is 1. The number of carbonyl (C=O) groups excluding carboxylic acids is 3. The number of nitrogens with one attached hydrogen (secondary N) is 2. The van der Waals surface area contributed by atoms with Crippen molar-refractivity contribution in [3.8, 4) is 0 Å². The van der Waals surface area contributed by atoms with E-state index in [1.807, 2.05) is 31.2 Å². The fraction of sp³-hybridized carbons (Fsp3) is 0.421. The van der Waals surface area contributed by atoms with Crippen molar-refractivity contribution in [2.75, 3.05) is 11.9 Å². The summed E-state index contributed by atoms with van der Waals surface area (Å²) in [6.45, 7) is 10.3. The molecule has 1 aromatic rings. The minimum atomic E-state index is -1.11. The minimum absolute atomic E-state index is 0.258. The number of rotatable bonds is 7. The molecule has 1 aliphatic rings. The van der Waals surface area contributed by atoms with Crippen LogP contribution in [0.25, 0.3) is 0 Å². The molecule has 1 aromatic carbocycles. The van der Waals surface area contributed by atoms with Gasteiger partial charge < -0.3 is 5.32 Å². The van der Waals surface area contributed by atoms with Crippen molar-refractivity contribution < 1.29 is 14.4 Å². The van der Waals surface area contributed by atoms with Gasteiger partial charge in [0.05, 0.1) is 0 Å². The Balaban J connectivity index is 2.12. The van der Waals surface area contributed by atoms with Crippen molar-refractivity contribution in [3.63, 3.8) is 0 Å². The SMILES string of the molecule is C=C(Nc1ccc(C(C)C)cc1)[C@H]1C(=O)NC(=O)N(CCCC)C1=O. The van der Waals surface area contributed by atoms with E-state index >= 15 is 0 Å². The number of unbranched alkanes of at least 4 members (excludes halogenated alkanes) is 1. The van der Waals surface area contributed by atoms with Crippen LogP contribution in [0.15, 0.2) is 36.5 Å². The van der Waals surface area contributed by atoms with Crippen LogP contribution in [0, 0.1) is 5.92 Å². The molecule has 0 aromatic heterocycles. The number of imide groups is 2. The summed E-state index contributed by atoms with van der Waals surface area (Å²) in [5.41, 5.74) is 2.19. The van der Waals surface area contributed by atoms with Crippen LogP contribution in [0.2, 0.25) is 0 Å². The summed E-state index contributed by atoms with van der Waals surface area (Å²) in [5, 5.41) is 5.25. The van der Waals surface area contributed by atoms with Crippen molar-refractivity contribution in [3.05, 3.63) is 42.1 Å². The number of carbonyl (C=O) groups is 3. The molecule has 0 saturated carbocycles. The van der Waals surface area contributed by atoms with E-state index in [1.54, 1.807) is 0 Å². The van der Waals surface area contributed by atoms with E-state index in [9.17, 15) is 14.4 Å². The van der Waals surface area contributed by atoms with E-state index in [2.05, 4.69) is 31.1 Å². The molecule has 2 N–H and O–H groups in total. The summed E-state index contributed by atoms with van der Waals surface area (Å²) < 4.78 is 0. The molecular weight excluding hydrogens is 318 g/mol. The first-order valence-electron chi connectivity index (χ1n) is 8.57. The molecule has 2 rings (SSSR count). The third-order valence-corrected chi connectivity index (χ3v) is 4.22. The highest BCUT2D eigenvalue weighted by Crippen LogP contribution is 2.22. The van der Waals surface area contributed by atoms with Gasteiger partial charge in [-0.3, -0.25) is 19.8 Å². The molecule has 4 amide bonds. The van der Waals surface area contributed by atoms with Crippen LogP contribution in [0.1, 0.15) is 45.1 Å². The van der Waals surface area contributed by atoms with Crippen molar-refractivity contribution in [2.24, 2.45) is 5.92 Å². The molecule has 6 heteroatoms. The standard InChI is InChI=1S/C19H25N3O3/c1-5-6-11-22-18(24)16(17(23)21-19(22)25)13(4)20-15-9-7-14(8-10-15)12(2)3/h7-10,12,16,20H,4-6,11H2,1-3H3,(H,21,23,25)/t16-/m0/s1. The Hall–Kier alpha value is -2.63. The second-order valence-corrected chi connectivity index (χ2v) is 6.50. The number of urea groups is 1. The van der Waals surface area contributed by atoms with E-state index in [0.717, 1.165) is 17.0 Å². The van der Waals surface area contributed by atoms with Crippen molar-refractivity contribution >= 4 is 23.5 Å². The normalized spacial score (nSPS) is 17.7. The Morgan fingerprint density at radius 1 is 1.24 bits per heavy atom. The number of hydrogen-bond acceptors (Lipinski definition) is 4. The van der Waals surface area contributed by atoms with Gasteiger partial charge in [0.25, 0.3) is 0 Å². The van der Waals surface area contributed by atoms with Gasteiger partial charge in [-0.15, -0.1) is 0 Å². The van der Waals surface area contributed by atoms with Crippen molar-refractivity contribution in [1.82, 2.24) is 10.2 Å². The maximum atomic E-state index is 12.6. The fourth-order valence-corrected chi connectivity index (χ4v) is 2.66. The first-order chi connectivity index (χ1) is 11.8. The number of amides is 4. The van der Waals surface area contributed by atoms with Gasteiger partial charge in [-0.05, 0) is 30.0 Å². The molecule has 1 aliphatic heterocycles. The van der Waals surface area contributed by atoms with Gasteiger partial charge in [0, 0.05) is 17.9 Å². The van der Waals surface area contributed by atoms with Crippen LogP contribution in [0.3, 0.4) is 0 Å². The van der Waals surface area contributed by atoms with Crippen LogP contribution < -0.4 is 10.6 Å². The summed E-state index contributed by atoms with van der Waals surface area (Å²) >= 11 is 0. The average molecular weight is 343 g/mol. The maximum Gasteiger partial charge on any atom is 0.330 e. The predicted molar refractivity (Wildman–Crippen MR) is 96.9 cm³/mol. The lowest BCUT2D eigenvalue weighted by atomic mass is 10.00. The predicted octanol–water partition coefficient (Wildman–Crippen LogP) is 3.23. The Morgan fingerprint density at radius 3 is 2.44 bits per heavy atom. The van der Waals surface area contributed by atoms with Gasteiger partial charge in [-0.25, -0.2) is 4.79 Å². The lowest BCUT2D eigenvalue weighted by molar-refractivity contribution is -0.140. The van der Waals surface area contributed by atoms with Crippen LogP contribution in [0.5, 0.6) is 0 Å². The first-order valence-corrected chi connectivity index (χ1v) is 8.57. The van der Waals surface area contributed by atoms with Crippen LogP contribution in [-0.4, -0.2) is 29.3 Å². The molecule has 25 heavy (non-hydrogen) atoms. The van der Waals surface area contributed by atoms with Crippen LogP contribution >= 0.6 is 0 Å². The highest BCUT2D eigenvalue weighted by Gasteiger charge is 2.41. The van der Waals surface area contributed by atoms with E-state index in [-0.39, 0.29) is 5.70 Å². The molecular formula is C19H25N3O3. The molecule has 0 aliphatic carbocycles. The Labute approximate surface area is 148 Å². The summed E-state index contributed by atoms with van der Waals surface area (Å²) in [4.78, 5) is 37.7.